The third-order valence-corrected chi connectivity index (χ3v) is 2.80. The average Bonchev–Trinajstić information content (AvgIpc) is 2.34. The van der Waals surface area contributed by atoms with E-state index in [-0.39, 0.29) is 0 Å². The highest BCUT2D eigenvalue weighted by molar-refractivity contribution is 4.69. The first kappa shape index (κ1) is 13.9. The molecule has 1 fully saturated rings. The van der Waals surface area contributed by atoms with E-state index in [1.807, 2.05) is 0 Å². The van der Waals surface area contributed by atoms with E-state index < -0.39 is 0 Å². The van der Waals surface area contributed by atoms with Gasteiger partial charge in [0.2, 0.25) is 0 Å². The molecule has 1 aliphatic rings. The summed E-state index contributed by atoms with van der Waals surface area (Å²) in [7, 11) is 1.70. The lowest BCUT2D eigenvalue weighted by atomic mass is 10.1. The summed E-state index contributed by atoms with van der Waals surface area (Å²) < 4.78 is 15.6. The maximum atomic E-state index is 5.39. The maximum absolute atomic E-state index is 5.39. The fraction of sp³-hybridized carbons (Fsp3) is 1.00. The summed E-state index contributed by atoms with van der Waals surface area (Å²) in [5, 5.41) is 3.56. The van der Waals surface area contributed by atoms with Crippen molar-refractivity contribution in [1.82, 2.24) is 5.32 Å². The van der Waals surface area contributed by atoms with E-state index in [4.69, 9.17) is 14.2 Å². The monoisotopic (exact) mass is 231 g/mol. The van der Waals surface area contributed by atoms with Gasteiger partial charge >= 0.3 is 0 Å². The van der Waals surface area contributed by atoms with Crippen LogP contribution in [0.4, 0.5) is 0 Å². The van der Waals surface area contributed by atoms with Crippen molar-refractivity contribution in [1.29, 1.82) is 0 Å². The van der Waals surface area contributed by atoms with Crippen LogP contribution in [-0.4, -0.2) is 52.7 Å². The molecular formula is C12H25NO3. The molecule has 16 heavy (non-hydrogen) atoms. The van der Waals surface area contributed by atoms with Crippen LogP contribution in [0, 0.1) is 0 Å². The van der Waals surface area contributed by atoms with Crippen molar-refractivity contribution in [3.63, 3.8) is 0 Å². The Labute approximate surface area is 98.6 Å². The molecule has 0 aromatic rings. The van der Waals surface area contributed by atoms with Crippen molar-refractivity contribution in [3.8, 4) is 0 Å². The molecule has 1 heterocycles. The van der Waals surface area contributed by atoms with Gasteiger partial charge in [-0.15, -0.1) is 0 Å². The first-order chi connectivity index (χ1) is 7.93. The molecule has 0 aromatic heterocycles. The number of hydrogen-bond acceptors (Lipinski definition) is 4. The highest BCUT2D eigenvalue weighted by atomic mass is 16.5. The van der Waals surface area contributed by atoms with Crippen LogP contribution < -0.4 is 5.32 Å². The Morgan fingerprint density at radius 2 is 1.94 bits per heavy atom. The largest absolute Gasteiger partial charge is 0.382 e. The van der Waals surface area contributed by atoms with E-state index >= 15 is 0 Å². The van der Waals surface area contributed by atoms with Crippen LogP contribution in [0.2, 0.25) is 0 Å². The van der Waals surface area contributed by atoms with Gasteiger partial charge in [-0.05, 0) is 32.2 Å². The Morgan fingerprint density at radius 1 is 1.12 bits per heavy atom. The quantitative estimate of drug-likeness (QED) is 0.605. The molecule has 0 amide bonds. The highest BCUT2D eigenvalue weighted by Gasteiger charge is 2.11. The van der Waals surface area contributed by atoms with Crippen LogP contribution in [0.1, 0.15) is 25.7 Å². The van der Waals surface area contributed by atoms with E-state index in [0.29, 0.717) is 19.3 Å². The second kappa shape index (κ2) is 10.0. The summed E-state index contributed by atoms with van der Waals surface area (Å²) in [5.41, 5.74) is 0. The molecule has 0 spiro atoms. The Morgan fingerprint density at radius 3 is 2.69 bits per heavy atom. The highest BCUT2D eigenvalue weighted by Crippen LogP contribution is 2.05. The molecule has 0 radical (unpaired) electrons. The predicted octanol–water partition coefficient (Wildman–Crippen LogP) is 1.20. The molecule has 1 rings (SSSR count). The van der Waals surface area contributed by atoms with Crippen LogP contribution in [0.25, 0.3) is 0 Å². The van der Waals surface area contributed by atoms with Gasteiger partial charge in [-0.2, -0.15) is 0 Å². The summed E-state index contributed by atoms with van der Waals surface area (Å²) in [6, 6.07) is 0.670. The summed E-state index contributed by atoms with van der Waals surface area (Å²) in [5.74, 6) is 0. The number of rotatable bonds is 9. The molecular weight excluding hydrogens is 206 g/mol. The maximum Gasteiger partial charge on any atom is 0.0700 e. The van der Waals surface area contributed by atoms with Crippen molar-refractivity contribution < 1.29 is 14.2 Å². The molecule has 0 bridgehead atoms. The van der Waals surface area contributed by atoms with Gasteiger partial charge in [0.15, 0.2) is 0 Å². The van der Waals surface area contributed by atoms with Gasteiger partial charge in [-0.3, -0.25) is 0 Å². The Bertz CT molecular complexity index is 149. The summed E-state index contributed by atoms with van der Waals surface area (Å²) >= 11 is 0. The Kier molecular flexibility index (Phi) is 8.71. The zero-order valence-corrected chi connectivity index (χ0v) is 10.4. The smallest absolute Gasteiger partial charge is 0.0700 e. The Balaban J connectivity index is 1.77. The van der Waals surface area contributed by atoms with Crippen LogP contribution in [-0.2, 0) is 14.2 Å². The molecule has 0 saturated carbocycles. The SMILES string of the molecule is COCCOCCCCNC1CCOCC1. The molecule has 0 aliphatic carbocycles. The molecule has 1 N–H and O–H groups in total. The fourth-order valence-corrected chi connectivity index (χ4v) is 1.78. The van der Waals surface area contributed by atoms with Gasteiger partial charge in [0.05, 0.1) is 13.2 Å². The summed E-state index contributed by atoms with van der Waals surface area (Å²) in [6.07, 6.45) is 4.62. The third kappa shape index (κ3) is 7.17. The van der Waals surface area contributed by atoms with Crippen molar-refractivity contribution >= 4 is 0 Å². The number of ether oxygens (including phenoxy) is 3. The number of nitrogens with one attached hydrogen (secondary N) is 1. The lowest BCUT2D eigenvalue weighted by Crippen LogP contribution is -2.35. The van der Waals surface area contributed by atoms with E-state index in [1.165, 1.54) is 6.42 Å². The normalized spacial score (nSPS) is 17.8. The Hall–Kier alpha value is -0.160. The number of unbranched alkanes of at least 4 members (excludes halogenated alkanes) is 1. The van der Waals surface area contributed by atoms with Crippen LogP contribution in [0.3, 0.4) is 0 Å². The van der Waals surface area contributed by atoms with Gasteiger partial charge in [0.1, 0.15) is 0 Å². The molecule has 96 valence electrons. The van der Waals surface area contributed by atoms with Gasteiger partial charge in [0.25, 0.3) is 0 Å². The van der Waals surface area contributed by atoms with Crippen molar-refractivity contribution in [3.05, 3.63) is 0 Å². The second-order valence-corrected chi connectivity index (χ2v) is 4.15. The summed E-state index contributed by atoms with van der Waals surface area (Å²) in [4.78, 5) is 0. The molecule has 0 aromatic carbocycles. The van der Waals surface area contributed by atoms with Crippen LogP contribution in [0.15, 0.2) is 0 Å². The van der Waals surface area contributed by atoms with Gasteiger partial charge in [-0.25, -0.2) is 0 Å². The van der Waals surface area contributed by atoms with Gasteiger partial charge < -0.3 is 19.5 Å². The number of hydrogen-bond donors (Lipinski definition) is 1. The van der Waals surface area contributed by atoms with Gasteiger partial charge in [0, 0.05) is 33.0 Å². The van der Waals surface area contributed by atoms with Gasteiger partial charge in [-0.1, -0.05) is 0 Å². The first-order valence-electron chi connectivity index (χ1n) is 6.31. The van der Waals surface area contributed by atoms with Crippen LogP contribution in [0.5, 0.6) is 0 Å². The number of methoxy groups -OCH3 is 1. The van der Waals surface area contributed by atoms with E-state index in [0.717, 1.165) is 45.6 Å². The zero-order valence-electron chi connectivity index (χ0n) is 10.4. The lowest BCUT2D eigenvalue weighted by molar-refractivity contribution is 0.0673. The molecule has 1 aliphatic heterocycles. The van der Waals surface area contributed by atoms with Crippen molar-refractivity contribution in [2.75, 3.05) is 46.7 Å². The van der Waals surface area contributed by atoms with Crippen LogP contribution >= 0.6 is 0 Å². The molecule has 1 saturated heterocycles. The first-order valence-corrected chi connectivity index (χ1v) is 6.31. The second-order valence-electron chi connectivity index (χ2n) is 4.15. The molecule has 4 nitrogen and oxygen atoms in total. The fourth-order valence-electron chi connectivity index (χ4n) is 1.78. The zero-order chi connectivity index (χ0) is 11.5. The van der Waals surface area contributed by atoms with E-state index in [2.05, 4.69) is 5.32 Å². The molecule has 4 heteroatoms. The summed E-state index contributed by atoms with van der Waals surface area (Å²) in [6.45, 7) is 5.18. The predicted molar refractivity (Wildman–Crippen MR) is 63.8 cm³/mol. The minimum atomic E-state index is 0.670. The van der Waals surface area contributed by atoms with Crippen molar-refractivity contribution in [2.24, 2.45) is 0 Å². The molecule has 0 atom stereocenters. The average molecular weight is 231 g/mol. The van der Waals surface area contributed by atoms with E-state index in [9.17, 15) is 0 Å². The minimum absolute atomic E-state index is 0.670. The minimum Gasteiger partial charge on any atom is -0.382 e. The van der Waals surface area contributed by atoms with Crippen molar-refractivity contribution in [2.45, 2.75) is 31.7 Å². The standard InChI is InChI=1S/C12H25NO3/c1-14-10-11-15-7-3-2-6-13-12-4-8-16-9-5-12/h12-13H,2-11H2,1H3. The van der Waals surface area contributed by atoms with E-state index in [1.54, 1.807) is 7.11 Å². The lowest BCUT2D eigenvalue weighted by Gasteiger charge is -2.23. The third-order valence-electron chi connectivity index (χ3n) is 2.80. The molecule has 0 unspecified atom stereocenters. The topological polar surface area (TPSA) is 39.7 Å².